The molecule has 1 unspecified atom stereocenters. The molecule has 0 saturated carbocycles. The van der Waals surface area contributed by atoms with Gasteiger partial charge in [-0.25, -0.2) is 9.97 Å². The molecule has 0 aromatic carbocycles. The van der Waals surface area contributed by atoms with Crippen molar-refractivity contribution in [3.63, 3.8) is 0 Å². The summed E-state index contributed by atoms with van der Waals surface area (Å²) in [5.74, 6) is 1.09. The fourth-order valence-electron chi connectivity index (χ4n) is 2.89. The normalized spacial score (nSPS) is 17.4. The van der Waals surface area contributed by atoms with Crippen molar-refractivity contribution in [2.24, 2.45) is 0 Å². The van der Waals surface area contributed by atoms with Gasteiger partial charge in [0.1, 0.15) is 5.82 Å². The van der Waals surface area contributed by atoms with Crippen LogP contribution in [0.4, 0.5) is 0 Å². The van der Waals surface area contributed by atoms with Gasteiger partial charge in [0.05, 0.1) is 10.7 Å². The van der Waals surface area contributed by atoms with Gasteiger partial charge in [-0.3, -0.25) is 4.79 Å². The van der Waals surface area contributed by atoms with Crippen LogP contribution in [-0.4, -0.2) is 31.2 Å². The molecular formula is C18H24N4OS. The van der Waals surface area contributed by atoms with Gasteiger partial charge in [-0.2, -0.15) is 0 Å². The number of pyridine rings is 1. The number of fused-ring (bicyclic) bond motifs is 1. The van der Waals surface area contributed by atoms with Gasteiger partial charge in [-0.05, 0) is 25.5 Å². The zero-order valence-electron chi connectivity index (χ0n) is 14.7. The quantitative estimate of drug-likeness (QED) is 0.869. The number of hydrogen-bond acceptors (Lipinski definition) is 4. The van der Waals surface area contributed by atoms with Crippen molar-refractivity contribution in [1.82, 2.24) is 19.9 Å². The number of nitrogens with one attached hydrogen (secondary N) is 1. The molecule has 2 aromatic rings. The van der Waals surface area contributed by atoms with Crippen LogP contribution in [0.5, 0.6) is 0 Å². The van der Waals surface area contributed by atoms with Crippen molar-refractivity contribution in [2.45, 2.75) is 62.9 Å². The van der Waals surface area contributed by atoms with E-state index in [1.807, 2.05) is 13.0 Å². The summed E-state index contributed by atoms with van der Waals surface area (Å²) in [6.45, 7) is 9.21. The van der Waals surface area contributed by atoms with Gasteiger partial charge in [0.15, 0.2) is 0 Å². The Balaban J connectivity index is 1.66. The van der Waals surface area contributed by atoms with Crippen LogP contribution in [0.3, 0.4) is 0 Å². The first-order chi connectivity index (χ1) is 11.3. The van der Waals surface area contributed by atoms with Gasteiger partial charge in [-0.1, -0.05) is 20.8 Å². The molecule has 0 radical (unpaired) electrons. The number of imidazole rings is 1. The minimum absolute atomic E-state index is 0.0292. The number of amides is 1. The minimum Gasteiger partial charge on any atom is -0.347 e. The molecule has 5 nitrogen and oxygen atoms in total. The maximum Gasteiger partial charge on any atom is 0.251 e. The van der Waals surface area contributed by atoms with E-state index < -0.39 is 0 Å². The first-order valence-electron chi connectivity index (χ1n) is 8.29. The monoisotopic (exact) mass is 344 g/mol. The molecule has 0 spiro atoms. The van der Waals surface area contributed by atoms with Gasteiger partial charge in [0.2, 0.25) is 0 Å². The number of carbonyl (C=O) groups excluding carboxylic acids is 1. The van der Waals surface area contributed by atoms with Crippen molar-refractivity contribution in [1.29, 1.82) is 0 Å². The fraction of sp³-hybridized carbons (Fsp3) is 0.500. The molecule has 1 N–H and O–H groups in total. The average Bonchev–Trinajstić information content (AvgIpc) is 2.85. The molecule has 2 aromatic heterocycles. The Morgan fingerprint density at radius 2 is 2.21 bits per heavy atom. The largest absolute Gasteiger partial charge is 0.347 e. The molecular weight excluding hydrogens is 320 g/mol. The molecule has 24 heavy (non-hydrogen) atoms. The number of thioether (sulfide) groups is 1. The van der Waals surface area contributed by atoms with E-state index in [0.717, 1.165) is 35.9 Å². The van der Waals surface area contributed by atoms with Crippen LogP contribution in [0.2, 0.25) is 0 Å². The Bertz CT molecular complexity index is 748. The number of rotatable bonds is 3. The Kier molecular flexibility index (Phi) is 4.67. The van der Waals surface area contributed by atoms with E-state index in [4.69, 9.17) is 0 Å². The highest BCUT2D eigenvalue weighted by atomic mass is 32.2. The highest BCUT2D eigenvalue weighted by molar-refractivity contribution is 8.00. The smallest absolute Gasteiger partial charge is 0.251 e. The summed E-state index contributed by atoms with van der Waals surface area (Å²) in [4.78, 5) is 21.4. The molecule has 1 aliphatic heterocycles. The minimum atomic E-state index is -0.0292. The third kappa shape index (κ3) is 4.17. The Morgan fingerprint density at radius 1 is 1.42 bits per heavy atom. The highest BCUT2D eigenvalue weighted by Gasteiger charge is 2.22. The molecule has 3 heterocycles. The maximum atomic E-state index is 12.6. The molecule has 0 saturated heterocycles. The highest BCUT2D eigenvalue weighted by Crippen LogP contribution is 2.30. The predicted octanol–water partition coefficient (Wildman–Crippen LogP) is 3.22. The lowest BCUT2D eigenvalue weighted by molar-refractivity contribution is 0.0927. The molecule has 0 bridgehead atoms. The predicted molar refractivity (Wildman–Crippen MR) is 96.4 cm³/mol. The van der Waals surface area contributed by atoms with Gasteiger partial charge < -0.3 is 9.88 Å². The first kappa shape index (κ1) is 17.0. The van der Waals surface area contributed by atoms with Crippen molar-refractivity contribution in [3.05, 3.63) is 41.6 Å². The number of nitrogens with zero attached hydrogens (tertiary/aromatic N) is 3. The second kappa shape index (κ2) is 6.59. The van der Waals surface area contributed by atoms with Gasteiger partial charge in [0.25, 0.3) is 5.91 Å². The summed E-state index contributed by atoms with van der Waals surface area (Å²) in [6, 6.07) is 3.80. The van der Waals surface area contributed by atoms with Gasteiger partial charge >= 0.3 is 0 Å². The molecule has 1 aliphatic rings. The van der Waals surface area contributed by atoms with E-state index in [2.05, 4.69) is 46.8 Å². The molecule has 0 aliphatic carbocycles. The van der Waals surface area contributed by atoms with Crippen LogP contribution in [0.25, 0.3) is 0 Å². The third-order valence-electron chi connectivity index (χ3n) is 3.86. The Hall–Kier alpha value is -1.82. The SMILES string of the molecule is Cc1cn2c(n1)CCC(NC(=O)c1ccnc(SC(C)(C)C)c1)C2. The molecule has 128 valence electrons. The van der Waals surface area contributed by atoms with Crippen LogP contribution in [-0.2, 0) is 13.0 Å². The first-order valence-corrected chi connectivity index (χ1v) is 9.10. The summed E-state index contributed by atoms with van der Waals surface area (Å²) in [7, 11) is 0. The van der Waals surface area contributed by atoms with Crippen LogP contribution in [0.1, 0.15) is 49.1 Å². The Morgan fingerprint density at radius 3 is 2.96 bits per heavy atom. The van der Waals surface area contributed by atoms with E-state index in [1.165, 1.54) is 0 Å². The van der Waals surface area contributed by atoms with Gasteiger partial charge in [-0.15, -0.1) is 11.8 Å². The van der Waals surface area contributed by atoms with Crippen LogP contribution in [0, 0.1) is 6.92 Å². The maximum absolute atomic E-state index is 12.6. The summed E-state index contributed by atoms with van der Waals surface area (Å²) in [5.41, 5.74) is 1.71. The van der Waals surface area contributed by atoms with Gasteiger partial charge in [0, 0.05) is 41.7 Å². The molecule has 1 amide bonds. The zero-order chi connectivity index (χ0) is 17.3. The van der Waals surface area contributed by atoms with E-state index in [9.17, 15) is 4.79 Å². The summed E-state index contributed by atoms with van der Waals surface area (Å²) in [6.07, 6.45) is 5.59. The molecule has 6 heteroatoms. The number of hydrogen-bond donors (Lipinski definition) is 1. The fourth-order valence-corrected chi connectivity index (χ4v) is 3.82. The number of aryl methyl sites for hydroxylation is 2. The second-order valence-corrected chi connectivity index (χ2v) is 9.10. The standard InChI is InChI=1S/C18H24N4OS/c1-12-10-22-11-14(5-6-15(22)20-12)21-17(23)13-7-8-19-16(9-13)24-18(2,3)4/h7-10,14H,5-6,11H2,1-4H3,(H,21,23). The lowest BCUT2D eigenvalue weighted by Crippen LogP contribution is -2.40. The van der Waals surface area contributed by atoms with Crippen molar-refractivity contribution >= 4 is 17.7 Å². The van der Waals surface area contributed by atoms with E-state index in [-0.39, 0.29) is 16.7 Å². The summed E-state index contributed by atoms with van der Waals surface area (Å²) in [5, 5.41) is 4.03. The molecule has 1 atom stereocenters. The average molecular weight is 344 g/mol. The zero-order valence-corrected chi connectivity index (χ0v) is 15.5. The topological polar surface area (TPSA) is 59.8 Å². The van der Waals surface area contributed by atoms with Crippen molar-refractivity contribution in [2.75, 3.05) is 0 Å². The van der Waals surface area contributed by atoms with Crippen molar-refractivity contribution in [3.8, 4) is 0 Å². The number of carbonyl (C=O) groups is 1. The second-order valence-electron chi connectivity index (χ2n) is 7.26. The van der Waals surface area contributed by atoms with E-state index >= 15 is 0 Å². The lowest BCUT2D eigenvalue weighted by Gasteiger charge is -2.24. The van der Waals surface area contributed by atoms with E-state index in [0.29, 0.717) is 5.56 Å². The summed E-state index contributed by atoms with van der Waals surface area (Å²) < 4.78 is 2.22. The lowest BCUT2D eigenvalue weighted by atomic mass is 10.1. The Labute approximate surface area is 147 Å². The van der Waals surface area contributed by atoms with Crippen LogP contribution >= 0.6 is 11.8 Å². The van der Waals surface area contributed by atoms with Crippen LogP contribution < -0.4 is 5.32 Å². The van der Waals surface area contributed by atoms with Crippen LogP contribution in [0.15, 0.2) is 29.6 Å². The number of aromatic nitrogens is 3. The van der Waals surface area contributed by atoms with E-state index in [1.54, 1.807) is 24.0 Å². The molecule has 0 fully saturated rings. The third-order valence-corrected chi connectivity index (χ3v) is 4.90. The van der Waals surface area contributed by atoms with Crippen molar-refractivity contribution < 1.29 is 4.79 Å². The summed E-state index contributed by atoms with van der Waals surface area (Å²) >= 11 is 1.67. The molecule has 3 rings (SSSR count).